The van der Waals surface area contributed by atoms with Gasteiger partial charge < -0.3 is 36.6 Å². The Balaban J connectivity index is 1.61. The second kappa shape index (κ2) is 18.7. The van der Waals surface area contributed by atoms with E-state index in [0.29, 0.717) is 17.1 Å². The molecule has 6 amide bonds. The summed E-state index contributed by atoms with van der Waals surface area (Å²) in [6.45, 7) is 7.32. The average Bonchev–Trinajstić information content (AvgIpc) is 3.43. The third-order valence-corrected chi connectivity index (χ3v) is 11.2. The van der Waals surface area contributed by atoms with Gasteiger partial charge in [-0.3, -0.25) is 28.9 Å². The molecule has 16 nitrogen and oxygen atoms in total. The number of aromatic hydroxyl groups is 1. The summed E-state index contributed by atoms with van der Waals surface area (Å²) in [7, 11) is 0. The molecule has 0 saturated carbocycles. The van der Waals surface area contributed by atoms with Crippen molar-refractivity contribution in [3.8, 4) is 11.8 Å². The molecule has 0 bridgehead atoms. The molecule has 4 rings (SSSR count). The van der Waals surface area contributed by atoms with E-state index in [-0.39, 0.29) is 43.7 Å². The molecular weight excluding hydrogens is 761 g/mol. The van der Waals surface area contributed by atoms with Crippen LogP contribution in [0.15, 0.2) is 78.9 Å². The summed E-state index contributed by atoms with van der Waals surface area (Å²) in [5, 5.41) is 37.2. The predicted octanol–water partition coefficient (Wildman–Crippen LogP) is 5.44. The number of nitrogens with one attached hydrogen (secondary N) is 3. The lowest BCUT2D eigenvalue weighted by Gasteiger charge is -2.41. The van der Waals surface area contributed by atoms with Crippen LogP contribution in [-0.4, -0.2) is 65.0 Å². The summed E-state index contributed by atoms with van der Waals surface area (Å²) in [5.41, 5.74) is 2.38. The molecule has 3 aromatic rings. The van der Waals surface area contributed by atoms with E-state index in [2.05, 4.69) is 22.0 Å². The van der Waals surface area contributed by atoms with Gasteiger partial charge in [0.25, 0.3) is 0 Å². The van der Waals surface area contributed by atoms with Gasteiger partial charge in [0, 0.05) is 28.6 Å². The smallest absolute Gasteiger partial charge is 0.335 e. The summed E-state index contributed by atoms with van der Waals surface area (Å²) < 4.78 is 5.67. The Bertz CT molecular complexity index is 2110. The van der Waals surface area contributed by atoms with E-state index in [4.69, 9.17) is 10.5 Å². The quantitative estimate of drug-likeness (QED) is 0.0408. The number of carbonyl (C=O) groups is 7. The summed E-state index contributed by atoms with van der Waals surface area (Å²) in [5.74, 6) is -8.00. The first kappa shape index (κ1) is 44.9. The van der Waals surface area contributed by atoms with Gasteiger partial charge in [-0.2, -0.15) is 5.26 Å². The van der Waals surface area contributed by atoms with Crippen molar-refractivity contribution in [2.75, 3.05) is 28.7 Å². The van der Waals surface area contributed by atoms with Crippen molar-refractivity contribution in [1.29, 1.82) is 5.26 Å². The van der Waals surface area contributed by atoms with Crippen LogP contribution in [-0.2, 0) is 28.7 Å². The van der Waals surface area contributed by atoms with Crippen molar-refractivity contribution >= 4 is 58.7 Å². The van der Waals surface area contributed by atoms with E-state index >= 15 is 0 Å². The van der Waals surface area contributed by atoms with Gasteiger partial charge in [-0.1, -0.05) is 39.0 Å². The second-order valence-electron chi connectivity index (χ2n) is 15.7. The number of carboxylic acid groups (broad SMARTS) is 1. The zero-order chi connectivity index (χ0) is 43.7. The molecular formula is C43H50N6O10. The van der Waals surface area contributed by atoms with Gasteiger partial charge in [-0.05, 0) is 100 Å². The average molecular weight is 811 g/mol. The van der Waals surface area contributed by atoms with Crippen LogP contribution in [0.3, 0.4) is 0 Å². The number of esters is 1. The fourth-order valence-electron chi connectivity index (χ4n) is 7.68. The van der Waals surface area contributed by atoms with Gasteiger partial charge in [0.05, 0.1) is 40.6 Å². The van der Waals surface area contributed by atoms with Gasteiger partial charge >= 0.3 is 18.0 Å². The molecule has 16 heteroatoms. The molecule has 3 aromatic carbocycles. The molecule has 59 heavy (non-hydrogen) atoms. The molecule has 1 aliphatic heterocycles. The number of para-hydroxylation sites is 1. The highest BCUT2D eigenvalue weighted by molar-refractivity contribution is 6.23. The molecule has 1 saturated heterocycles. The molecule has 312 valence electrons. The van der Waals surface area contributed by atoms with Crippen LogP contribution in [0, 0.1) is 45.3 Å². The normalized spacial score (nSPS) is 18.5. The number of imide groups is 1. The molecule has 0 aromatic heterocycles. The number of hydrogen-bond acceptors (Lipinski definition) is 10. The molecule has 7 N–H and O–H groups in total. The number of carbonyl (C=O) groups excluding carboxylic acids is 6. The Hall–Kier alpha value is -6.76. The monoisotopic (exact) mass is 810 g/mol. The van der Waals surface area contributed by atoms with E-state index in [0.717, 1.165) is 4.90 Å². The molecule has 1 heterocycles. The van der Waals surface area contributed by atoms with Crippen LogP contribution < -0.4 is 26.6 Å². The number of aromatic carboxylic acids is 1. The van der Waals surface area contributed by atoms with Crippen molar-refractivity contribution < 1.29 is 48.5 Å². The Morgan fingerprint density at radius 2 is 1.46 bits per heavy atom. The number of ether oxygens (including phenoxy) is 1. The van der Waals surface area contributed by atoms with Crippen LogP contribution in [0.4, 0.5) is 21.9 Å². The lowest BCUT2D eigenvalue weighted by atomic mass is 9.61. The fraction of sp³-hybridized carbons (Fsp3) is 0.395. The van der Waals surface area contributed by atoms with E-state index in [1.54, 1.807) is 44.2 Å². The van der Waals surface area contributed by atoms with Crippen LogP contribution in [0.5, 0.6) is 5.75 Å². The minimum atomic E-state index is -1.83. The van der Waals surface area contributed by atoms with Crippen molar-refractivity contribution in [3.63, 3.8) is 0 Å². The zero-order valence-corrected chi connectivity index (χ0v) is 33.6. The Morgan fingerprint density at radius 1 is 0.881 bits per heavy atom. The number of urea groups is 1. The summed E-state index contributed by atoms with van der Waals surface area (Å²) in [6, 6.07) is 21.1. The summed E-state index contributed by atoms with van der Waals surface area (Å²) in [6.07, 6.45) is -0.495. The Morgan fingerprint density at radius 3 is 2.02 bits per heavy atom. The number of benzene rings is 3. The van der Waals surface area contributed by atoms with Crippen LogP contribution in [0.1, 0.15) is 70.7 Å². The third-order valence-electron chi connectivity index (χ3n) is 11.2. The molecule has 0 radical (unpaired) electrons. The molecule has 6 unspecified atom stereocenters. The molecule has 1 aliphatic rings. The number of nitriles is 1. The Labute approximate surface area is 342 Å². The first-order valence-electron chi connectivity index (χ1n) is 19.1. The van der Waals surface area contributed by atoms with E-state index in [1.165, 1.54) is 69.3 Å². The number of carboxylic acids is 1. The first-order chi connectivity index (χ1) is 27.8. The minimum Gasteiger partial charge on any atom is -0.508 e. The number of nitrogens with two attached hydrogens (primary N) is 1. The number of rotatable bonds is 18. The topological polar surface area (TPSA) is 258 Å². The largest absolute Gasteiger partial charge is 0.508 e. The lowest BCUT2D eigenvalue weighted by Crippen LogP contribution is -2.51. The number of hydrogen-bond donors (Lipinski definition) is 6. The number of primary amides is 1. The SMILES string of the molecule is CCC(C)(CC(C#N)CC(C)(CC(C)(C(N)=O)C1C(=O)N(c2ccccc2)C(=O)C1C)C(=O)OCCNC(=O)Nc1ccc(O)cc1)C(=O)Nc1ccc(C(=O)O)cc1. The van der Waals surface area contributed by atoms with Crippen molar-refractivity contribution in [2.24, 2.45) is 39.7 Å². The van der Waals surface area contributed by atoms with Crippen LogP contribution in [0.25, 0.3) is 0 Å². The maximum absolute atomic E-state index is 14.3. The summed E-state index contributed by atoms with van der Waals surface area (Å²) in [4.78, 5) is 94.1. The highest BCUT2D eigenvalue weighted by atomic mass is 16.5. The maximum Gasteiger partial charge on any atom is 0.335 e. The molecule has 0 aliphatic carbocycles. The number of phenolic OH excluding ortho intramolecular Hbond substituents is 1. The number of anilines is 3. The number of amides is 6. The molecule has 6 atom stereocenters. The third kappa shape index (κ3) is 10.4. The maximum atomic E-state index is 14.3. The van der Waals surface area contributed by atoms with Gasteiger partial charge in [0.1, 0.15) is 12.4 Å². The Kier molecular flexibility index (Phi) is 14.2. The van der Waals surface area contributed by atoms with Crippen LogP contribution in [0.2, 0.25) is 0 Å². The molecule has 0 spiro atoms. The van der Waals surface area contributed by atoms with E-state index in [9.17, 15) is 49.0 Å². The van der Waals surface area contributed by atoms with Crippen molar-refractivity contribution in [2.45, 2.75) is 60.3 Å². The van der Waals surface area contributed by atoms with Crippen molar-refractivity contribution in [3.05, 3.63) is 84.4 Å². The van der Waals surface area contributed by atoms with Crippen molar-refractivity contribution in [1.82, 2.24) is 5.32 Å². The van der Waals surface area contributed by atoms with Gasteiger partial charge in [-0.25, -0.2) is 9.59 Å². The van der Waals surface area contributed by atoms with Gasteiger partial charge in [0.2, 0.25) is 23.6 Å². The highest BCUT2D eigenvalue weighted by Gasteiger charge is 2.59. The van der Waals surface area contributed by atoms with E-state index in [1.807, 2.05) is 0 Å². The summed E-state index contributed by atoms with van der Waals surface area (Å²) >= 11 is 0. The number of nitrogens with zero attached hydrogens (tertiary/aromatic N) is 2. The number of phenols is 1. The minimum absolute atomic E-state index is 0.0104. The highest BCUT2D eigenvalue weighted by Crippen LogP contribution is 2.50. The van der Waals surface area contributed by atoms with E-state index < -0.39 is 82.0 Å². The van der Waals surface area contributed by atoms with Gasteiger partial charge in [0.15, 0.2) is 0 Å². The lowest BCUT2D eigenvalue weighted by molar-refractivity contribution is -0.161. The van der Waals surface area contributed by atoms with Gasteiger partial charge in [-0.15, -0.1) is 0 Å². The predicted molar refractivity (Wildman–Crippen MR) is 216 cm³/mol. The second-order valence-corrected chi connectivity index (χ2v) is 15.7. The van der Waals surface area contributed by atoms with Crippen LogP contribution >= 0.6 is 0 Å². The zero-order valence-electron chi connectivity index (χ0n) is 33.6. The standard InChI is InChI=1S/C43H50N6O10/c1-6-41(3,38(56)47-29-14-12-28(13-15-29)36(53)54)22-27(24-44)23-42(4,39(57)59-21-20-46-40(58)48-30-16-18-32(50)19-17-30)25-43(5,37(45)55)33-26(2)34(51)49(35(33)52)31-10-8-7-9-11-31/h7-19,26-27,33,50H,6,20-23,25H2,1-5H3,(H2,45,55)(H,47,56)(H,53,54)(H2,46,48,58). The molecule has 1 fully saturated rings. The first-order valence-corrected chi connectivity index (χ1v) is 19.1. The fourth-order valence-corrected chi connectivity index (χ4v) is 7.68.